The number of aromatic carboxylic acids is 1. The maximum absolute atomic E-state index is 10.6. The number of rotatable bonds is 5. The molecule has 0 spiro atoms. The van der Waals surface area contributed by atoms with Crippen LogP contribution in [-0.2, 0) is 11.3 Å². The number of hydrogen-bond acceptors (Lipinski definition) is 8. The number of carbonyl (C=O) groups is 2. The van der Waals surface area contributed by atoms with Crippen LogP contribution in [0.15, 0.2) is 15.7 Å². The third-order valence-corrected chi connectivity index (χ3v) is 3.49. The minimum absolute atomic E-state index is 0.107. The van der Waals surface area contributed by atoms with E-state index in [9.17, 15) is 9.59 Å². The van der Waals surface area contributed by atoms with Gasteiger partial charge in [0.15, 0.2) is 10.9 Å². The van der Waals surface area contributed by atoms with Gasteiger partial charge in [0, 0.05) is 0 Å². The molecule has 0 aliphatic rings. The third-order valence-electron chi connectivity index (χ3n) is 1.59. The van der Waals surface area contributed by atoms with Crippen LogP contribution in [-0.4, -0.2) is 47.3 Å². The van der Waals surface area contributed by atoms with E-state index in [2.05, 4.69) is 20.4 Å². The average molecular weight is 287 g/mol. The lowest BCUT2D eigenvalue weighted by Crippen LogP contribution is -2.11. The van der Waals surface area contributed by atoms with Gasteiger partial charge >= 0.3 is 11.9 Å². The number of aliphatic carboxylic acids is 1. The molecule has 2 aromatic heterocycles. The molecule has 0 saturated carbocycles. The van der Waals surface area contributed by atoms with Gasteiger partial charge in [-0.3, -0.25) is 4.79 Å². The van der Waals surface area contributed by atoms with Crippen molar-refractivity contribution in [3.63, 3.8) is 0 Å². The monoisotopic (exact) mass is 287 g/mol. The van der Waals surface area contributed by atoms with Gasteiger partial charge in [-0.05, 0) is 17.0 Å². The Balaban J connectivity index is 2.06. The molecule has 9 nitrogen and oxygen atoms in total. The summed E-state index contributed by atoms with van der Waals surface area (Å²) in [7, 11) is 0. The molecule has 2 N–H and O–H groups in total. The fourth-order valence-corrected chi connectivity index (χ4v) is 2.56. The van der Waals surface area contributed by atoms with Crippen LogP contribution in [0.4, 0.5) is 0 Å². The standard InChI is InChI=1S/C7H5N5O4S2/c13-4(14)2-12-10-6(9-11-12)18-7-8-1-3(17-7)5(15)16/h1H,2H2,(H,13,14)(H,15,16). The Morgan fingerprint density at radius 3 is 2.83 bits per heavy atom. The number of tetrazole rings is 1. The van der Waals surface area contributed by atoms with Crippen LogP contribution in [0.1, 0.15) is 9.67 Å². The first-order chi connectivity index (χ1) is 8.54. The molecule has 0 radical (unpaired) electrons. The zero-order valence-corrected chi connectivity index (χ0v) is 10.2. The molecule has 0 atom stereocenters. The highest BCUT2D eigenvalue weighted by Gasteiger charge is 2.13. The van der Waals surface area contributed by atoms with E-state index in [1.54, 1.807) is 0 Å². The van der Waals surface area contributed by atoms with E-state index in [4.69, 9.17) is 10.2 Å². The second kappa shape index (κ2) is 5.10. The summed E-state index contributed by atoms with van der Waals surface area (Å²) in [6.07, 6.45) is 1.23. The summed E-state index contributed by atoms with van der Waals surface area (Å²) in [5.74, 6) is -2.13. The van der Waals surface area contributed by atoms with Crippen LogP contribution < -0.4 is 0 Å². The first-order valence-electron chi connectivity index (χ1n) is 4.41. The van der Waals surface area contributed by atoms with Crippen molar-refractivity contribution in [1.29, 1.82) is 0 Å². The van der Waals surface area contributed by atoms with Gasteiger partial charge in [0.25, 0.3) is 0 Å². The highest BCUT2D eigenvalue weighted by molar-refractivity contribution is 8.00. The zero-order chi connectivity index (χ0) is 13.1. The Hall–Kier alpha value is -2.01. The summed E-state index contributed by atoms with van der Waals surface area (Å²) in [4.78, 5) is 25.9. The van der Waals surface area contributed by atoms with Crippen molar-refractivity contribution in [3.8, 4) is 0 Å². The Kier molecular flexibility index (Phi) is 3.53. The first kappa shape index (κ1) is 12.4. The van der Waals surface area contributed by atoms with E-state index >= 15 is 0 Å². The molecule has 0 amide bonds. The van der Waals surface area contributed by atoms with Crippen molar-refractivity contribution in [3.05, 3.63) is 11.1 Å². The van der Waals surface area contributed by atoms with Gasteiger partial charge in [0.05, 0.1) is 6.20 Å². The minimum Gasteiger partial charge on any atom is -0.480 e. The molecule has 0 saturated heterocycles. The molecule has 0 aliphatic carbocycles. The number of thiazole rings is 1. The number of hydrogen-bond donors (Lipinski definition) is 2. The molecular formula is C7H5N5O4S2. The van der Waals surface area contributed by atoms with Gasteiger partial charge < -0.3 is 10.2 Å². The average Bonchev–Trinajstić information content (AvgIpc) is 2.88. The molecule has 18 heavy (non-hydrogen) atoms. The maximum Gasteiger partial charge on any atom is 0.347 e. The third kappa shape index (κ3) is 3.01. The van der Waals surface area contributed by atoms with E-state index in [0.29, 0.717) is 4.34 Å². The Morgan fingerprint density at radius 2 is 2.22 bits per heavy atom. The van der Waals surface area contributed by atoms with Crippen molar-refractivity contribution < 1.29 is 19.8 Å². The van der Waals surface area contributed by atoms with E-state index in [0.717, 1.165) is 27.9 Å². The van der Waals surface area contributed by atoms with E-state index < -0.39 is 11.9 Å². The minimum atomic E-state index is -1.08. The summed E-state index contributed by atoms with van der Waals surface area (Å²) >= 11 is 2.00. The van der Waals surface area contributed by atoms with Crippen LogP contribution in [0.25, 0.3) is 0 Å². The molecule has 0 fully saturated rings. The van der Waals surface area contributed by atoms with Crippen molar-refractivity contribution in [2.45, 2.75) is 16.0 Å². The van der Waals surface area contributed by atoms with Gasteiger partial charge in [-0.15, -0.1) is 21.5 Å². The summed E-state index contributed by atoms with van der Waals surface area (Å²) in [6, 6.07) is 0. The predicted octanol–water partition coefficient (Wildman–Crippen LogP) is 0.0636. The van der Waals surface area contributed by atoms with Crippen LogP contribution in [0.3, 0.4) is 0 Å². The molecule has 0 aromatic carbocycles. The van der Waals surface area contributed by atoms with E-state index in [1.165, 1.54) is 6.20 Å². The number of carboxylic acids is 2. The van der Waals surface area contributed by atoms with Crippen molar-refractivity contribution >= 4 is 35.0 Å². The lowest BCUT2D eigenvalue weighted by molar-refractivity contribution is -0.138. The second-order valence-electron chi connectivity index (χ2n) is 2.89. The molecule has 94 valence electrons. The Morgan fingerprint density at radius 1 is 1.44 bits per heavy atom. The first-order valence-corrected chi connectivity index (χ1v) is 6.04. The largest absolute Gasteiger partial charge is 0.480 e. The zero-order valence-electron chi connectivity index (χ0n) is 8.55. The van der Waals surface area contributed by atoms with Gasteiger partial charge in [-0.2, -0.15) is 4.80 Å². The fraction of sp³-hybridized carbons (Fsp3) is 0.143. The van der Waals surface area contributed by atoms with Gasteiger partial charge in [-0.25, -0.2) is 9.78 Å². The van der Waals surface area contributed by atoms with Crippen LogP contribution >= 0.6 is 23.1 Å². The molecule has 2 aromatic rings. The second-order valence-corrected chi connectivity index (χ2v) is 5.14. The van der Waals surface area contributed by atoms with Crippen LogP contribution in [0.2, 0.25) is 0 Å². The Labute approximate surface area is 107 Å². The van der Waals surface area contributed by atoms with Gasteiger partial charge in [0.1, 0.15) is 4.88 Å². The lowest BCUT2D eigenvalue weighted by atomic mass is 10.6. The summed E-state index contributed by atoms with van der Waals surface area (Å²) in [5.41, 5.74) is 0. The smallest absolute Gasteiger partial charge is 0.347 e. The normalized spacial score (nSPS) is 10.4. The molecule has 2 rings (SSSR count). The topological polar surface area (TPSA) is 131 Å². The summed E-state index contributed by atoms with van der Waals surface area (Å²) in [6.45, 7) is -0.383. The molecule has 0 bridgehead atoms. The van der Waals surface area contributed by atoms with Gasteiger partial charge in [0.2, 0.25) is 5.16 Å². The van der Waals surface area contributed by atoms with E-state index in [1.807, 2.05) is 0 Å². The molecule has 2 heterocycles. The van der Waals surface area contributed by atoms with Crippen molar-refractivity contribution in [2.75, 3.05) is 0 Å². The highest BCUT2D eigenvalue weighted by Crippen LogP contribution is 2.28. The molecular weight excluding hydrogens is 282 g/mol. The Bertz CT molecular complexity index is 594. The van der Waals surface area contributed by atoms with Crippen molar-refractivity contribution in [1.82, 2.24) is 25.2 Å². The maximum atomic E-state index is 10.6. The highest BCUT2D eigenvalue weighted by atomic mass is 32.2. The lowest BCUT2D eigenvalue weighted by Gasteiger charge is -1.89. The molecule has 11 heteroatoms. The summed E-state index contributed by atoms with van der Waals surface area (Å²) in [5, 5.41) is 28.4. The summed E-state index contributed by atoms with van der Waals surface area (Å²) < 4.78 is 0.447. The number of aromatic nitrogens is 5. The molecule has 0 unspecified atom stereocenters. The number of carboxylic acid groups (broad SMARTS) is 2. The van der Waals surface area contributed by atoms with Crippen molar-refractivity contribution in [2.24, 2.45) is 0 Å². The van der Waals surface area contributed by atoms with E-state index in [-0.39, 0.29) is 16.6 Å². The number of nitrogens with zero attached hydrogens (tertiary/aromatic N) is 5. The van der Waals surface area contributed by atoms with Crippen LogP contribution in [0.5, 0.6) is 0 Å². The molecule has 0 aliphatic heterocycles. The van der Waals surface area contributed by atoms with Gasteiger partial charge in [-0.1, -0.05) is 0 Å². The fourth-order valence-electron chi connectivity index (χ4n) is 0.940. The quantitative estimate of drug-likeness (QED) is 0.783. The SMILES string of the molecule is O=C(O)Cn1nnc(Sc2ncc(C(=O)O)s2)n1. The van der Waals surface area contributed by atoms with Crippen LogP contribution in [0, 0.1) is 0 Å². The predicted molar refractivity (Wildman–Crippen MR) is 58.6 cm³/mol.